The Morgan fingerprint density at radius 2 is 1.18 bits per heavy atom. The fourth-order valence-corrected chi connectivity index (χ4v) is 2.19. The Balaban J connectivity index is 5.22. The largest absolute Gasteiger partial charge is 0.458 e. The van der Waals surface area contributed by atoms with Gasteiger partial charge in [-0.15, -0.1) is 0 Å². The number of esters is 1. The van der Waals surface area contributed by atoms with E-state index in [1.807, 2.05) is 20.8 Å². The quantitative estimate of drug-likeness (QED) is 0.662. The van der Waals surface area contributed by atoms with Crippen molar-refractivity contribution in [2.45, 2.75) is 111 Å². The molecule has 0 aliphatic carbocycles. The molecule has 1 unspecified atom stereocenters. The minimum atomic E-state index is -1.03. The summed E-state index contributed by atoms with van der Waals surface area (Å²) in [6.07, 6.45) is -1.37. The lowest BCUT2D eigenvalue weighted by Gasteiger charge is -2.32. The molecule has 0 aromatic carbocycles. The molecule has 0 aliphatic rings. The van der Waals surface area contributed by atoms with Gasteiger partial charge in [-0.1, -0.05) is 0 Å². The molecule has 3 atom stereocenters. The van der Waals surface area contributed by atoms with Gasteiger partial charge in [0.1, 0.15) is 17.2 Å². The van der Waals surface area contributed by atoms with Crippen LogP contribution in [-0.2, 0) is 23.8 Å². The summed E-state index contributed by atoms with van der Waals surface area (Å²) >= 11 is 0. The minimum absolute atomic E-state index is 0.523. The molecule has 0 bridgehead atoms. The van der Waals surface area contributed by atoms with Crippen molar-refractivity contribution in [1.82, 2.24) is 10.6 Å². The topological polar surface area (TPSA) is 103 Å². The highest BCUT2D eigenvalue weighted by molar-refractivity contribution is 5.89. The van der Waals surface area contributed by atoms with Crippen molar-refractivity contribution >= 4 is 18.0 Å². The van der Waals surface area contributed by atoms with E-state index >= 15 is 0 Å². The Bertz CT molecular complexity index is 555. The van der Waals surface area contributed by atoms with Gasteiger partial charge in [0, 0.05) is 0 Å². The van der Waals surface area contributed by atoms with Gasteiger partial charge in [-0.05, 0) is 76.2 Å². The molecule has 0 aliphatic heterocycles. The van der Waals surface area contributed by atoms with E-state index in [0.717, 1.165) is 0 Å². The first-order valence-corrected chi connectivity index (χ1v) is 9.51. The first kappa shape index (κ1) is 26.2. The predicted molar refractivity (Wildman–Crippen MR) is 107 cm³/mol. The number of ether oxygens (including phenoxy) is 3. The zero-order valence-corrected chi connectivity index (χ0v) is 19.2. The predicted octanol–water partition coefficient (Wildman–Crippen LogP) is 2.93. The first-order valence-electron chi connectivity index (χ1n) is 9.51. The molecular formula is C20H38N2O6. The molecule has 2 N–H and O–H groups in total. The van der Waals surface area contributed by atoms with E-state index in [0.29, 0.717) is 0 Å². The van der Waals surface area contributed by atoms with Gasteiger partial charge in [0.05, 0.1) is 11.7 Å². The van der Waals surface area contributed by atoms with E-state index in [-0.39, 0.29) is 0 Å². The molecule has 0 heterocycles. The van der Waals surface area contributed by atoms with Gasteiger partial charge in [0.15, 0.2) is 6.04 Å². The van der Waals surface area contributed by atoms with Crippen LogP contribution in [-0.4, -0.2) is 53.0 Å². The normalized spacial score (nSPS) is 15.8. The molecule has 0 saturated heterocycles. The van der Waals surface area contributed by atoms with E-state index in [1.165, 1.54) is 6.92 Å². The van der Waals surface area contributed by atoms with Crippen LogP contribution in [0.25, 0.3) is 0 Å². The maximum Gasteiger partial charge on any atom is 0.408 e. The van der Waals surface area contributed by atoms with E-state index in [9.17, 15) is 14.4 Å². The average Bonchev–Trinajstić information content (AvgIpc) is 2.37. The number of carbonyl (C=O) groups excluding carboxylic acids is 3. The lowest BCUT2D eigenvalue weighted by Crippen LogP contribution is -2.56. The summed E-state index contributed by atoms with van der Waals surface area (Å²) in [5, 5.41) is 5.07. The van der Waals surface area contributed by atoms with Crippen molar-refractivity contribution in [2.75, 3.05) is 0 Å². The molecule has 28 heavy (non-hydrogen) atoms. The lowest BCUT2D eigenvalue weighted by atomic mass is 10.1. The summed E-state index contributed by atoms with van der Waals surface area (Å²) in [5.41, 5.74) is -1.93. The summed E-state index contributed by atoms with van der Waals surface area (Å²) in [5.74, 6) is -1.16. The van der Waals surface area contributed by atoms with Crippen molar-refractivity contribution in [1.29, 1.82) is 0 Å². The highest BCUT2D eigenvalue weighted by Crippen LogP contribution is 2.16. The fourth-order valence-electron chi connectivity index (χ4n) is 2.19. The van der Waals surface area contributed by atoms with E-state index in [2.05, 4.69) is 10.6 Å². The van der Waals surface area contributed by atoms with Gasteiger partial charge in [-0.3, -0.25) is 4.79 Å². The summed E-state index contributed by atoms with van der Waals surface area (Å²) in [6.45, 7) is 19.1. The Hall–Kier alpha value is -1.83. The number of rotatable bonds is 6. The van der Waals surface area contributed by atoms with Crippen molar-refractivity contribution in [3.63, 3.8) is 0 Å². The number of carbonyl (C=O) groups is 3. The monoisotopic (exact) mass is 402 g/mol. The summed E-state index contributed by atoms with van der Waals surface area (Å²) in [7, 11) is 0. The molecule has 0 aromatic heterocycles. The molecule has 0 fully saturated rings. The van der Waals surface area contributed by atoms with Crippen molar-refractivity contribution in [3.05, 3.63) is 0 Å². The van der Waals surface area contributed by atoms with Crippen LogP contribution in [0.4, 0.5) is 4.79 Å². The summed E-state index contributed by atoms with van der Waals surface area (Å²) in [6, 6.07) is -1.95. The van der Waals surface area contributed by atoms with Gasteiger partial charge < -0.3 is 24.8 Å². The second-order valence-electron chi connectivity index (χ2n) is 9.82. The second-order valence-corrected chi connectivity index (χ2v) is 9.82. The highest BCUT2D eigenvalue weighted by atomic mass is 16.6. The highest BCUT2D eigenvalue weighted by Gasteiger charge is 2.35. The van der Waals surface area contributed by atoms with E-state index in [4.69, 9.17) is 14.2 Å². The molecule has 8 nitrogen and oxygen atoms in total. The third-order valence-electron chi connectivity index (χ3n) is 3.09. The average molecular weight is 403 g/mol. The van der Waals surface area contributed by atoms with Gasteiger partial charge in [-0.25, -0.2) is 9.59 Å². The van der Waals surface area contributed by atoms with Crippen LogP contribution >= 0.6 is 0 Å². The number of nitrogens with one attached hydrogen (secondary N) is 2. The van der Waals surface area contributed by atoms with Gasteiger partial charge in [0.25, 0.3) is 0 Å². The summed E-state index contributed by atoms with van der Waals surface area (Å²) in [4.78, 5) is 37.0. The molecule has 0 radical (unpaired) electrons. The van der Waals surface area contributed by atoms with Gasteiger partial charge in [-0.2, -0.15) is 0 Å². The van der Waals surface area contributed by atoms with Crippen molar-refractivity contribution < 1.29 is 28.6 Å². The molecule has 0 saturated carbocycles. The first-order chi connectivity index (χ1) is 12.3. The molecule has 0 rings (SSSR count). The minimum Gasteiger partial charge on any atom is -0.458 e. The van der Waals surface area contributed by atoms with Crippen LogP contribution in [0.15, 0.2) is 0 Å². The molecule has 0 spiro atoms. The van der Waals surface area contributed by atoms with Crippen LogP contribution in [0, 0.1) is 0 Å². The third kappa shape index (κ3) is 11.8. The smallest absolute Gasteiger partial charge is 0.408 e. The fraction of sp³-hybridized carbons (Fsp3) is 0.850. The molecule has 0 aromatic rings. The Morgan fingerprint density at radius 1 is 0.714 bits per heavy atom. The van der Waals surface area contributed by atoms with Crippen LogP contribution in [0.5, 0.6) is 0 Å². The Morgan fingerprint density at radius 3 is 1.57 bits per heavy atom. The Labute approximate surface area is 169 Å². The number of hydrogen-bond donors (Lipinski definition) is 2. The van der Waals surface area contributed by atoms with Crippen LogP contribution in [0.3, 0.4) is 0 Å². The lowest BCUT2D eigenvalue weighted by molar-refractivity contribution is -0.166. The SMILES string of the molecule is CC(OC(C)(C)C)[C@H](NC(=O)[C@H](C)NC(=O)OC(C)(C)C)C(=O)OC(C)(C)C. The van der Waals surface area contributed by atoms with Crippen LogP contribution < -0.4 is 10.6 Å². The molecular weight excluding hydrogens is 364 g/mol. The Kier molecular flexibility index (Phi) is 8.96. The number of hydrogen-bond acceptors (Lipinski definition) is 6. The van der Waals surface area contributed by atoms with E-state index in [1.54, 1.807) is 48.5 Å². The van der Waals surface area contributed by atoms with Gasteiger partial charge in [0.2, 0.25) is 5.91 Å². The van der Waals surface area contributed by atoms with Crippen LogP contribution in [0.1, 0.15) is 76.2 Å². The van der Waals surface area contributed by atoms with Crippen molar-refractivity contribution in [3.8, 4) is 0 Å². The third-order valence-corrected chi connectivity index (χ3v) is 3.09. The number of amides is 2. The maximum absolute atomic E-state index is 12.6. The zero-order valence-electron chi connectivity index (χ0n) is 19.2. The molecule has 8 heteroatoms. The molecule has 2 amide bonds. The van der Waals surface area contributed by atoms with Crippen molar-refractivity contribution in [2.24, 2.45) is 0 Å². The standard InChI is InChI=1S/C20H38N2O6/c1-12(21-17(25)28-20(9,10)11)15(23)22-14(13(2)26-18(3,4)5)16(24)27-19(6,7)8/h12-14H,1-11H3,(H,21,25)(H,22,23)/t12-,13?,14-/m0/s1. The van der Waals surface area contributed by atoms with E-state index < -0.39 is 53.0 Å². The van der Waals surface area contributed by atoms with Crippen LogP contribution in [0.2, 0.25) is 0 Å². The molecule has 164 valence electrons. The number of alkyl carbamates (subject to hydrolysis) is 1. The summed E-state index contributed by atoms with van der Waals surface area (Å²) < 4.78 is 16.4. The zero-order chi connectivity index (χ0) is 22.5. The maximum atomic E-state index is 12.6. The second kappa shape index (κ2) is 9.58. The van der Waals surface area contributed by atoms with Gasteiger partial charge >= 0.3 is 12.1 Å².